The van der Waals surface area contributed by atoms with Crippen LogP contribution in [0.2, 0.25) is 0 Å². The molecule has 116 valence electrons. The normalized spacial score (nSPS) is 14.6. The Balaban J connectivity index is 2.90. The standard InChI is InChI=1S/C18H22ClN3/c1-6-18(5,9-10-20)22-12-8-16(13-22)15(4)7-11-21-17(19)14(2)3/h7-8,11-13H,2,4,6,9H2,1,3,5H3/b11-7-,21-17+. The summed E-state index contributed by atoms with van der Waals surface area (Å²) in [5.74, 6) is 0. The van der Waals surface area contributed by atoms with Crippen molar-refractivity contribution in [1.29, 1.82) is 5.26 Å². The molecule has 0 bridgehead atoms. The highest BCUT2D eigenvalue weighted by atomic mass is 35.5. The first-order chi connectivity index (χ1) is 10.3. The lowest BCUT2D eigenvalue weighted by Gasteiger charge is -2.27. The number of halogens is 1. The number of nitrogens with zero attached hydrogens (tertiary/aromatic N) is 3. The zero-order valence-corrected chi connectivity index (χ0v) is 14.2. The van der Waals surface area contributed by atoms with E-state index in [0.29, 0.717) is 11.6 Å². The van der Waals surface area contributed by atoms with Gasteiger partial charge >= 0.3 is 0 Å². The largest absolute Gasteiger partial charge is 0.347 e. The first kappa shape index (κ1) is 18.0. The summed E-state index contributed by atoms with van der Waals surface area (Å²) < 4.78 is 2.08. The molecule has 1 unspecified atom stereocenters. The van der Waals surface area contributed by atoms with Crippen molar-refractivity contribution >= 4 is 22.3 Å². The molecule has 1 rings (SSSR count). The molecule has 0 fully saturated rings. The predicted molar refractivity (Wildman–Crippen MR) is 94.9 cm³/mol. The third-order valence-corrected chi connectivity index (χ3v) is 4.14. The van der Waals surface area contributed by atoms with E-state index in [1.165, 1.54) is 0 Å². The number of allylic oxidation sites excluding steroid dienone is 3. The average Bonchev–Trinajstić information content (AvgIpc) is 2.97. The van der Waals surface area contributed by atoms with Gasteiger partial charge in [-0.1, -0.05) is 31.7 Å². The van der Waals surface area contributed by atoms with Gasteiger partial charge in [0.2, 0.25) is 0 Å². The number of hydrogen-bond donors (Lipinski definition) is 0. The molecule has 3 nitrogen and oxygen atoms in total. The van der Waals surface area contributed by atoms with E-state index in [1.807, 2.05) is 18.5 Å². The summed E-state index contributed by atoms with van der Waals surface area (Å²) in [6.07, 6.45) is 8.77. The fraction of sp³-hybridized carbons (Fsp3) is 0.333. The van der Waals surface area contributed by atoms with Crippen molar-refractivity contribution in [3.8, 4) is 6.07 Å². The first-order valence-electron chi connectivity index (χ1n) is 7.14. The highest BCUT2D eigenvalue weighted by Gasteiger charge is 2.23. The SMILES string of the molecule is C=C(C)/C(Cl)=N\C=C/C(=C)c1ccn(C(C)(CC)CC#N)c1. The fourth-order valence-corrected chi connectivity index (χ4v) is 1.95. The molecule has 0 aliphatic heterocycles. The summed E-state index contributed by atoms with van der Waals surface area (Å²) in [5, 5.41) is 9.38. The predicted octanol–water partition coefficient (Wildman–Crippen LogP) is 5.27. The summed E-state index contributed by atoms with van der Waals surface area (Å²) in [4.78, 5) is 4.08. The summed E-state index contributed by atoms with van der Waals surface area (Å²) >= 11 is 5.90. The highest BCUT2D eigenvalue weighted by molar-refractivity contribution is 6.69. The van der Waals surface area contributed by atoms with Gasteiger partial charge in [0.25, 0.3) is 0 Å². The van der Waals surface area contributed by atoms with Crippen LogP contribution < -0.4 is 0 Å². The van der Waals surface area contributed by atoms with Crippen molar-refractivity contribution in [2.24, 2.45) is 4.99 Å². The molecule has 0 saturated heterocycles. The third-order valence-electron chi connectivity index (χ3n) is 3.72. The molecular formula is C18H22ClN3. The number of hydrogen-bond acceptors (Lipinski definition) is 2. The van der Waals surface area contributed by atoms with Crippen molar-refractivity contribution in [1.82, 2.24) is 4.57 Å². The van der Waals surface area contributed by atoms with Gasteiger partial charge < -0.3 is 4.57 Å². The fourth-order valence-electron chi connectivity index (χ4n) is 1.89. The molecular weight excluding hydrogens is 294 g/mol. The Morgan fingerprint density at radius 2 is 2.23 bits per heavy atom. The molecule has 22 heavy (non-hydrogen) atoms. The van der Waals surface area contributed by atoms with Crippen LogP contribution in [0.1, 0.15) is 39.2 Å². The van der Waals surface area contributed by atoms with Crippen molar-refractivity contribution in [2.45, 2.75) is 39.2 Å². The van der Waals surface area contributed by atoms with E-state index < -0.39 is 0 Å². The molecule has 0 aliphatic carbocycles. The van der Waals surface area contributed by atoms with Gasteiger partial charge in [0.1, 0.15) is 5.17 Å². The van der Waals surface area contributed by atoms with Gasteiger partial charge in [-0.2, -0.15) is 5.26 Å². The van der Waals surface area contributed by atoms with Gasteiger partial charge in [-0.25, -0.2) is 4.99 Å². The van der Waals surface area contributed by atoms with Crippen LogP contribution in [0.4, 0.5) is 0 Å². The van der Waals surface area contributed by atoms with E-state index in [4.69, 9.17) is 16.9 Å². The Hall–Kier alpha value is -2.05. The molecule has 4 heteroatoms. The third kappa shape index (κ3) is 4.47. The zero-order valence-electron chi connectivity index (χ0n) is 13.4. The molecule has 0 aromatic carbocycles. The monoisotopic (exact) mass is 315 g/mol. The molecule has 1 atom stereocenters. The highest BCUT2D eigenvalue weighted by Crippen LogP contribution is 2.27. The topological polar surface area (TPSA) is 41.1 Å². The van der Waals surface area contributed by atoms with E-state index in [9.17, 15) is 0 Å². The van der Waals surface area contributed by atoms with Gasteiger partial charge in [0.05, 0.1) is 18.0 Å². The van der Waals surface area contributed by atoms with Crippen molar-refractivity contribution < 1.29 is 0 Å². The summed E-state index contributed by atoms with van der Waals surface area (Å²) in [5.41, 5.74) is 2.36. The van der Waals surface area contributed by atoms with Crippen LogP contribution in [0.5, 0.6) is 0 Å². The van der Waals surface area contributed by atoms with Gasteiger partial charge in [-0.05, 0) is 49.1 Å². The van der Waals surface area contributed by atoms with E-state index in [-0.39, 0.29) is 5.54 Å². The molecule has 1 heterocycles. The smallest absolute Gasteiger partial charge is 0.131 e. The van der Waals surface area contributed by atoms with Gasteiger partial charge in [0, 0.05) is 18.6 Å². The first-order valence-corrected chi connectivity index (χ1v) is 7.52. The van der Waals surface area contributed by atoms with Crippen LogP contribution in [0.25, 0.3) is 5.57 Å². The molecule has 0 aliphatic rings. The van der Waals surface area contributed by atoms with E-state index in [1.54, 1.807) is 19.2 Å². The van der Waals surface area contributed by atoms with Crippen LogP contribution in [-0.4, -0.2) is 9.74 Å². The molecule has 0 amide bonds. The Morgan fingerprint density at radius 1 is 1.55 bits per heavy atom. The zero-order chi connectivity index (χ0) is 16.8. The number of aliphatic imine (C=N–C) groups is 1. The summed E-state index contributed by atoms with van der Waals surface area (Å²) in [7, 11) is 0. The molecule has 0 N–H and O–H groups in total. The minimum Gasteiger partial charge on any atom is -0.347 e. The molecule has 0 saturated carbocycles. The Bertz CT molecular complexity index is 658. The minimum atomic E-state index is -0.196. The maximum Gasteiger partial charge on any atom is 0.131 e. The van der Waals surface area contributed by atoms with Crippen molar-refractivity contribution in [3.05, 3.63) is 55.0 Å². The Kier molecular flexibility index (Phi) is 6.39. The summed E-state index contributed by atoms with van der Waals surface area (Å²) in [6, 6.07) is 4.24. The number of aromatic nitrogens is 1. The van der Waals surface area contributed by atoms with Gasteiger partial charge in [-0.15, -0.1) is 0 Å². The molecule has 0 spiro atoms. The maximum absolute atomic E-state index is 9.00. The van der Waals surface area contributed by atoms with Gasteiger partial charge in [-0.3, -0.25) is 0 Å². The van der Waals surface area contributed by atoms with E-state index in [0.717, 1.165) is 23.1 Å². The lowest BCUT2D eigenvalue weighted by Crippen LogP contribution is -2.27. The minimum absolute atomic E-state index is 0.196. The quantitative estimate of drug-likeness (QED) is 0.499. The lowest BCUT2D eigenvalue weighted by atomic mass is 9.95. The van der Waals surface area contributed by atoms with E-state index >= 15 is 0 Å². The number of rotatable bonds is 7. The second-order valence-corrected chi connectivity index (χ2v) is 5.89. The molecule has 0 radical (unpaired) electrons. The van der Waals surface area contributed by atoms with Crippen LogP contribution in [0, 0.1) is 11.3 Å². The van der Waals surface area contributed by atoms with Crippen LogP contribution in [0.3, 0.4) is 0 Å². The maximum atomic E-state index is 9.00. The van der Waals surface area contributed by atoms with Crippen LogP contribution in [0.15, 0.2) is 54.5 Å². The number of nitriles is 1. The van der Waals surface area contributed by atoms with Crippen LogP contribution >= 0.6 is 11.6 Å². The summed E-state index contributed by atoms with van der Waals surface area (Å²) in [6.45, 7) is 13.7. The van der Waals surface area contributed by atoms with E-state index in [2.05, 4.69) is 42.6 Å². The Labute approximate surface area is 137 Å². The second-order valence-electron chi connectivity index (χ2n) is 5.53. The average molecular weight is 316 g/mol. The van der Waals surface area contributed by atoms with Crippen molar-refractivity contribution in [3.63, 3.8) is 0 Å². The van der Waals surface area contributed by atoms with Gasteiger partial charge in [0.15, 0.2) is 0 Å². The second kappa shape index (κ2) is 7.82. The molecule has 1 aromatic rings. The molecule has 1 aromatic heterocycles. The Morgan fingerprint density at radius 3 is 2.77 bits per heavy atom. The lowest BCUT2D eigenvalue weighted by molar-refractivity contribution is 0.313. The van der Waals surface area contributed by atoms with Crippen LogP contribution in [-0.2, 0) is 5.54 Å². The van der Waals surface area contributed by atoms with Crippen molar-refractivity contribution in [2.75, 3.05) is 0 Å².